The molecule has 1 heterocycles. The Labute approximate surface area is 344 Å². The van der Waals surface area contributed by atoms with Crippen LogP contribution in [0, 0.1) is 40.4 Å². The molecule has 1 amide bonds. The third kappa shape index (κ3) is 7.26. The fourth-order valence-electron chi connectivity index (χ4n) is 11.7. The number of ketones is 1. The number of nitrogens with zero attached hydrogens (tertiary/aromatic N) is 3. The number of aliphatic hydroxyl groups is 3. The quantitative estimate of drug-likeness (QED) is 0.137. The summed E-state index contributed by atoms with van der Waals surface area (Å²) >= 11 is 0. The molecule has 1 aliphatic heterocycles. The van der Waals surface area contributed by atoms with E-state index in [-0.39, 0.29) is 30.3 Å². The van der Waals surface area contributed by atoms with Gasteiger partial charge in [0, 0.05) is 55.4 Å². The van der Waals surface area contributed by atoms with E-state index in [0.29, 0.717) is 35.6 Å². The van der Waals surface area contributed by atoms with Crippen LogP contribution in [0.15, 0.2) is 66.7 Å². The van der Waals surface area contributed by atoms with E-state index in [1.807, 2.05) is 105 Å². The molecule has 3 aromatic rings. The third-order valence-corrected chi connectivity index (χ3v) is 14.7. The topological polar surface area (TPSA) is 135 Å². The number of methoxy groups -OCH3 is 1. The van der Waals surface area contributed by atoms with E-state index in [1.54, 1.807) is 19.1 Å². The number of benzene rings is 3. The number of hydrogen-bond acceptors (Lipinski definition) is 10. The van der Waals surface area contributed by atoms with Crippen LogP contribution in [0.5, 0.6) is 5.75 Å². The molecule has 314 valence electrons. The van der Waals surface area contributed by atoms with Crippen LogP contribution in [0.1, 0.15) is 74.5 Å². The summed E-state index contributed by atoms with van der Waals surface area (Å²) in [6.45, 7) is 9.12. The maximum atomic E-state index is 14.4. The molecular weight excluding hydrogens is 733 g/mol. The lowest BCUT2D eigenvalue weighted by Crippen LogP contribution is -2.81. The summed E-state index contributed by atoms with van der Waals surface area (Å²) in [6.07, 6.45) is -0.0853. The van der Waals surface area contributed by atoms with Gasteiger partial charge >= 0.3 is 0 Å². The summed E-state index contributed by atoms with van der Waals surface area (Å²) in [6, 6.07) is 19.5. The molecule has 3 aliphatic carbocycles. The number of Topliss-reactive ketones (excluding diaryl/α,β-unsaturated/α-hetero) is 1. The minimum Gasteiger partial charge on any atom is -0.496 e. The van der Waals surface area contributed by atoms with E-state index in [1.165, 1.54) is 6.42 Å². The van der Waals surface area contributed by atoms with Gasteiger partial charge in [0.1, 0.15) is 24.0 Å². The van der Waals surface area contributed by atoms with Crippen molar-refractivity contribution >= 4 is 17.4 Å². The van der Waals surface area contributed by atoms with Gasteiger partial charge < -0.3 is 35.2 Å². The molecule has 58 heavy (non-hydrogen) atoms. The number of anilines is 1. The zero-order chi connectivity index (χ0) is 41.8. The van der Waals surface area contributed by atoms with Crippen molar-refractivity contribution in [3.63, 3.8) is 0 Å². The first-order valence-electron chi connectivity index (χ1n) is 21.0. The first-order chi connectivity index (χ1) is 27.5. The Hall–Kier alpha value is -3.84. The number of carbonyl (C=O) groups is 2. The summed E-state index contributed by atoms with van der Waals surface area (Å²) < 4.78 is 6.11. The van der Waals surface area contributed by atoms with Crippen LogP contribution in [0.2, 0.25) is 0 Å². The second-order valence-electron chi connectivity index (χ2n) is 18.7. The molecule has 7 rings (SSSR count). The van der Waals surface area contributed by atoms with E-state index in [9.17, 15) is 24.9 Å². The number of hydroxylamine groups is 2. The molecule has 11 heteroatoms. The Morgan fingerprint density at radius 2 is 1.74 bits per heavy atom. The van der Waals surface area contributed by atoms with Crippen LogP contribution in [-0.4, -0.2) is 110 Å². The number of ether oxygens (including phenoxy) is 1. The van der Waals surface area contributed by atoms with Crippen molar-refractivity contribution in [3.8, 4) is 16.9 Å². The van der Waals surface area contributed by atoms with E-state index in [4.69, 9.17) is 9.57 Å². The molecule has 0 bridgehead atoms. The molecule has 1 saturated heterocycles. The normalized spacial score (nSPS) is 29.6. The van der Waals surface area contributed by atoms with Crippen molar-refractivity contribution in [2.24, 2.45) is 40.4 Å². The van der Waals surface area contributed by atoms with Gasteiger partial charge in [-0.15, -0.1) is 0 Å². The summed E-state index contributed by atoms with van der Waals surface area (Å²) in [5.41, 5.74) is 4.83. The Kier molecular flexibility index (Phi) is 11.9. The molecule has 0 aromatic heterocycles. The van der Waals surface area contributed by atoms with Crippen molar-refractivity contribution in [2.45, 2.75) is 83.9 Å². The second kappa shape index (κ2) is 16.3. The number of likely N-dealkylation sites (N-methyl/N-ethyl adjacent to an activating group) is 1. The van der Waals surface area contributed by atoms with Gasteiger partial charge in [-0.3, -0.25) is 14.4 Å². The van der Waals surface area contributed by atoms with E-state index in [2.05, 4.69) is 26.1 Å². The molecule has 4 aliphatic rings. The molecule has 11 atom stereocenters. The van der Waals surface area contributed by atoms with Gasteiger partial charge in [0.2, 0.25) is 0 Å². The predicted molar refractivity (Wildman–Crippen MR) is 225 cm³/mol. The van der Waals surface area contributed by atoms with Gasteiger partial charge in [0.25, 0.3) is 5.91 Å². The fourth-order valence-corrected chi connectivity index (χ4v) is 11.7. The van der Waals surface area contributed by atoms with Crippen molar-refractivity contribution in [2.75, 3.05) is 53.4 Å². The highest BCUT2D eigenvalue weighted by molar-refractivity contribution is 5.97. The molecule has 3 aromatic carbocycles. The van der Waals surface area contributed by atoms with Crippen LogP contribution in [0.3, 0.4) is 0 Å². The highest BCUT2D eigenvalue weighted by Gasteiger charge is 2.81. The average molecular weight is 797 g/mol. The lowest BCUT2D eigenvalue weighted by atomic mass is 9.18. The summed E-state index contributed by atoms with van der Waals surface area (Å²) in [5, 5.41) is 37.5. The molecule has 0 radical (unpaired) electrons. The van der Waals surface area contributed by atoms with Gasteiger partial charge in [0.15, 0.2) is 5.78 Å². The predicted octanol–water partition coefficient (Wildman–Crippen LogP) is 5.57. The molecule has 4 N–H and O–H groups in total. The average Bonchev–Trinajstić information content (AvgIpc) is 3.57. The van der Waals surface area contributed by atoms with Gasteiger partial charge in [-0.2, -0.15) is 5.06 Å². The van der Waals surface area contributed by atoms with Crippen molar-refractivity contribution in [1.82, 2.24) is 15.3 Å². The van der Waals surface area contributed by atoms with Crippen LogP contribution < -0.4 is 15.0 Å². The van der Waals surface area contributed by atoms with Gasteiger partial charge in [-0.05, 0) is 97.7 Å². The smallest absolute Gasteiger partial charge is 0.251 e. The van der Waals surface area contributed by atoms with E-state index < -0.39 is 36.3 Å². The maximum Gasteiger partial charge on any atom is 0.251 e. The van der Waals surface area contributed by atoms with Gasteiger partial charge in [-0.1, -0.05) is 69.3 Å². The Morgan fingerprint density at radius 3 is 2.34 bits per heavy atom. The summed E-state index contributed by atoms with van der Waals surface area (Å²) in [5.74, 6) is 2.51. The fraction of sp³-hybridized carbons (Fsp3) is 0.574. The first kappa shape index (κ1) is 42.3. The number of rotatable bonds is 17. The summed E-state index contributed by atoms with van der Waals surface area (Å²) in [7, 11) is 9.25. The van der Waals surface area contributed by atoms with E-state index in [0.717, 1.165) is 52.1 Å². The Morgan fingerprint density at radius 1 is 1.02 bits per heavy atom. The zero-order valence-electron chi connectivity index (χ0n) is 35.7. The third-order valence-electron chi connectivity index (χ3n) is 14.7. The molecule has 4 fully saturated rings. The number of carbonyl (C=O) groups excluding carboxylic acids is 2. The lowest BCUT2D eigenvalue weighted by Gasteiger charge is -2.86. The molecular formula is C47H64N4O7. The SMILES string of the molecule is COc1c(CN2O[C@@H](CO)[C@@H]([C@H](C)O)[C@H]2C(=O)CC[C@@]23C[C@H]4C2[C@@H]([C@@H]3C)C4(C)C)cccc1-c1cc(C(=O)NC(CN(C)C)[C@H](O)c2ccccc2)cc(N(C)C)c1. The van der Waals surface area contributed by atoms with Crippen molar-refractivity contribution in [1.29, 1.82) is 0 Å². The Balaban J connectivity index is 1.15. The number of amides is 1. The lowest BCUT2D eigenvalue weighted by molar-refractivity contribution is -0.389. The van der Waals surface area contributed by atoms with Crippen LogP contribution in [0.25, 0.3) is 11.1 Å². The van der Waals surface area contributed by atoms with Crippen LogP contribution in [-0.2, 0) is 16.2 Å². The molecule has 2 unspecified atom stereocenters. The minimum absolute atomic E-state index is 0.0309. The minimum atomic E-state index is -0.919. The highest BCUT2D eigenvalue weighted by atomic mass is 16.7. The molecule has 11 nitrogen and oxygen atoms in total. The Bertz CT molecular complexity index is 1960. The summed E-state index contributed by atoms with van der Waals surface area (Å²) in [4.78, 5) is 38.6. The second-order valence-corrected chi connectivity index (χ2v) is 18.7. The first-order valence-corrected chi connectivity index (χ1v) is 21.0. The monoisotopic (exact) mass is 796 g/mol. The van der Waals surface area contributed by atoms with E-state index >= 15 is 0 Å². The van der Waals surface area contributed by atoms with Crippen LogP contribution >= 0.6 is 0 Å². The zero-order valence-corrected chi connectivity index (χ0v) is 35.7. The standard InChI is InChI=1S/C47H64N4O7/c1-27-40-41-35(46(40,3)4)23-47(27,41)19-18-37(54)42-39(28(2)53)38(26-52)58-51(42)24-30-16-13-17-34(44(30)57-9)31-20-32(22-33(21-31)50(7)8)45(56)48-36(25-49(5)6)43(55)29-14-11-10-12-15-29/h10-17,20-22,27-28,35-36,38-43,52-53,55H,18-19,23-26H2,1-9H3,(H,48,56)/t27-,28-,35-,36?,38-,39+,40+,41?,42+,43+,47-/m0/s1. The number of nitrogens with one attached hydrogen (secondary N) is 1. The van der Waals surface area contributed by atoms with Crippen molar-refractivity contribution in [3.05, 3.63) is 83.4 Å². The van der Waals surface area contributed by atoms with Gasteiger partial charge in [-0.25, -0.2) is 0 Å². The van der Waals surface area contributed by atoms with Crippen LogP contribution in [0.4, 0.5) is 5.69 Å². The largest absolute Gasteiger partial charge is 0.496 e. The van der Waals surface area contributed by atoms with Crippen molar-refractivity contribution < 1.29 is 34.5 Å². The number of hydrogen-bond donors (Lipinski definition) is 4. The van der Waals surface area contributed by atoms with Gasteiger partial charge in [0.05, 0.1) is 32.4 Å². The highest BCUT2D eigenvalue weighted by Crippen LogP contribution is 2.87. The number of aliphatic hydroxyl groups excluding tert-OH is 3. The molecule has 3 saturated carbocycles. The maximum absolute atomic E-state index is 14.4. The molecule has 0 spiro atoms. The number of para-hydroxylation sites is 1.